The summed E-state index contributed by atoms with van der Waals surface area (Å²) in [4.78, 5) is 4.34. The first kappa shape index (κ1) is 21.4. The molecule has 0 unspecified atom stereocenters. The Morgan fingerprint density at radius 1 is 0.767 bits per heavy atom. The van der Waals surface area contributed by atoms with E-state index in [-0.39, 0.29) is 23.6 Å². The third kappa shape index (κ3) is 5.00. The van der Waals surface area contributed by atoms with Crippen molar-refractivity contribution in [3.05, 3.63) is 84.4 Å². The molecule has 0 atom stereocenters. The van der Waals surface area contributed by atoms with Crippen molar-refractivity contribution in [1.82, 2.24) is 4.98 Å². The summed E-state index contributed by atoms with van der Waals surface area (Å²) in [5.41, 5.74) is -0.642. The van der Waals surface area contributed by atoms with Crippen LogP contribution in [0.25, 0.3) is 22.5 Å². The van der Waals surface area contributed by atoms with Crippen LogP contribution in [0.3, 0.4) is 0 Å². The quantitative estimate of drug-likeness (QED) is 0.325. The third-order valence-corrected chi connectivity index (χ3v) is 4.16. The van der Waals surface area contributed by atoms with Crippen molar-refractivity contribution < 1.29 is 31.1 Å². The molecule has 1 aromatic heterocycles. The smallest absolute Gasteiger partial charge is 0.416 e. The summed E-state index contributed by atoms with van der Waals surface area (Å²) >= 11 is 0. The molecule has 0 N–H and O–H groups in total. The number of nitrogens with zero attached hydrogens (tertiary/aromatic N) is 1. The minimum atomic E-state index is -4.52. The Bertz CT molecular complexity index is 1040. The SMILES string of the molecule is C=CCOc1cc(-c2ccc(C(F)(F)F)cc2)nc(-c2cccc(C(F)(F)F)c2)c1. The fourth-order valence-electron chi connectivity index (χ4n) is 2.72. The standard InChI is InChI=1S/C22H15F6NO/c1-2-10-30-18-12-19(14-6-8-16(9-7-14)21(23,24)25)29-20(13-18)15-4-3-5-17(11-15)22(26,27)28/h2-9,11-13H,1,10H2. The lowest BCUT2D eigenvalue weighted by Gasteiger charge is -2.13. The molecule has 3 rings (SSSR count). The maximum absolute atomic E-state index is 13.1. The van der Waals surface area contributed by atoms with Crippen LogP contribution in [0.15, 0.2) is 73.3 Å². The highest BCUT2D eigenvalue weighted by atomic mass is 19.4. The van der Waals surface area contributed by atoms with E-state index in [9.17, 15) is 26.3 Å². The zero-order chi connectivity index (χ0) is 21.9. The Kier molecular flexibility index (Phi) is 5.87. The first-order chi connectivity index (χ1) is 14.1. The molecule has 2 aromatic carbocycles. The Labute approximate surface area is 168 Å². The first-order valence-electron chi connectivity index (χ1n) is 8.69. The van der Waals surface area contributed by atoms with Crippen molar-refractivity contribution in [1.29, 1.82) is 0 Å². The van der Waals surface area contributed by atoms with Crippen molar-refractivity contribution >= 4 is 0 Å². The van der Waals surface area contributed by atoms with Crippen molar-refractivity contribution in [2.75, 3.05) is 6.61 Å². The van der Waals surface area contributed by atoms with Crippen molar-refractivity contribution in [2.45, 2.75) is 12.4 Å². The zero-order valence-corrected chi connectivity index (χ0v) is 15.4. The number of aromatic nitrogens is 1. The molecule has 1 heterocycles. The Hall–Kier alpha value is -3.29. The minimum Gasteiger partial charge on any atom is -0.489 e. The lowest BCUT2D eigenvalue weighted by molar-refractivity contribution is -0.138. The number of hydrogen-bond acceptors (Lipinski definition) is 2. The van der Waals surface area contributed by atoms with E-state index in [0.717, 1.165) is 24.3 Å². The minimum absolute atomic E-state index is 0.137. The number of halogens is 6. The predicted octanol–water partition coefficient (Wildman–Crippen LogP) is 7.02. The van der Waals surface area contributed by atoms with E-state index in [1.54, 1.807) is 0 Å². The molecule has 0 bridgehead atoms. The van der Waals surface area contributed by atoms with Crippen LogP contribution in [0.4, 0.5) is 26.3 Å². The Balaban J connectivity index is 2.08. The van der Waals surface area contributed by atoms with E-state index in [1.165, 1.54) is 42.5 Å². The summed E-state index contributed by atoms with van der Waals surface area (Å²) in [5.74, 6) is 0.298. The van der Waals surface area contributed by atoms with Crippen molar-refractivity contribution in [3.63, 3.8) is 0 Å². The summed E-state index contributed by atoms with van der Waals surface area (Å²) in [6.07, 6.45) is -7.52. The topological polar surface area (TPSA) is 22.1 Å². The lowest BCUT2D eigenvalue weighted by Crippen LogP contribution is -2.05. The highest BCUT2D eigenvalue weighted by molar-refractivity contribution is 5.69. The second kappa shape index (κ2) is 8.22. The molecule has 2 nitrogen and oxygen atoms in total. The van der Waals surface area contributed by atoms with Gasteiger partial charge in [-0.15, -0.1) is 0 Å². The van der Waals surface area contributed by atoms with E-state index < -0.39 is 23.5 Å². The second-order valence-corrected chi connectivity index (χ2v) is 6.33. The number of ether oxygens (including phenoxy) is 1. The molecule has 0 aliphatic heterocycles. The molecular weight excluding hydrogens is 408 g/mol. The molecule has 0 amide bonds. The summed E-state index contributed by atoms with van der Waals surface area (Å²) < 4.78 is 83.1. The van der Waals surface area contributed by atoms with Gasteiger partial charge in [-0.25, -0.2) is 4.98 Å². The number of rotatable bonds is 5. The van der Waals surface area contributed by atoms with Crippen LogP contribution in [-0.4, -0.2) is 11.6 Å². The maximum atomic E-state index is 13.1. The second-order valence-electron chi connectivity index (χ2n) is 6.33. The van der Waals surface area contributed by atoms with Crippen LogP contribution in [0.1, 0.15) is 11.1 Å². The third-order valence-electron chi connectivity index (χ3n) is 4.16. The van der Waals surface area contributed by atoms with E-state index >= 15 is 0 Å². The molecule has 156 valence electrons. The molecule has 0 spiro atoms. The van der Waals surface area contributed by atoms with Crippen molar-refractivity contribution in [2.24, 2.45) is 0 Å². The number of hydrogen-bond donors (Lipinski definition) is 0. The largest absolute Gasteiger partial charge is 0.489 e. The van der Waals surface area contributed by atoms with Gasteiger partial charge in [-0.1, -0.05) is 36.9 Å². The van der Waals surface area contributed by atoms with Gasteiger partial charge in [-0.05, 0) is 24.3 Å². The van der Waals surface area contributed by atoms with Gasteiger partial charge in [-0.3, -0.25) is 0 Å². The fourth-order valence-corrected chi connectivity index (χ4v) is 2.72. The monoisotopic (exact) mass is 423 g/mol. The fraction of sp³-hybridized carbons (Fsp3) is 0.136. The number of alkyl halides is 6. The Morgan fingerprint density at radius 3 is 1.93 bits per heavy atom. The van der Waals surface area contributed by atoms with Gasteiger partial charge in [0.05, 0.1) is 22.5 Å². The van der Waals surface area contributed by atoms with Crippen LogP contribution < -0.4 is 4.74 Å². The van der Waals surface area contributed by atoms with Crippen LogP contribution >= 0.6 is 0 Å². The highest BCUT2D eigenvalue weighted by Gasteiger charge is 2.31. The molecule has 30 heavy (non-hydrogen) atoms. The molecule has 3 aromatic rings. The van der Waals surface area contributed by atoms with Gasteiger partial charge in [0.1, 0.15) is 12.4 Å². The average molecular weight is 423 g/mol. The van der Waals surface area contributed by atoms with Gasteiger partial charge in [-0.2, -0.15) is 26.3 Å². The van der Waals surface area contributed by atoms with Gasteiger partial charge in [0.25, 0.3) is 0 Å². The number of benzene rings is 2. The van der Waals surface area contributed by atoms with Gasteiger partial charge >= 0.3 is 12.4 Å². The number of pyridine rings is 1. The van der Waals surface area contributed by atoms with Crippen LogP contribution in [0.5, 0.6) is 5.75 Å². The van der Waals surface area contributed by atoms with Gasteiger partial charge in [0.2, 0.25) is 0 Å². The van der Waals surface area contributed by atoms with Crippen LogP contribution in [0.2, 0.25) is 0 Å². The lowest BCUT2D eigenvalue weighted by atomic mass is 10.0. The maximum Gasteiger partial charge on any atom is 0.416 e. The predicted molar refractivity (Wildman–Crippen MR) is 101 cm³/mol. The summed E-state index contributed by atoms with van der Waals surface area (Å²) in [6.45, 7) is 3.67. The van der Waals surface area contributed by atoms with Crippen molar-refractivity contribution in [3.8, 4) is 28.3 Å². The van der Waals surface area contributed by atoms with Crippen LogP contribution in [0, 0.1) is 0 Å². The molecule has 0 radical (unpaired) electrons. The molecule has 0 fully saturated rings. The molecule has 0 aliphatic carbocycles. The summed E-state index contributed by atoms with van der Waals surface area (Å²) in [5, 5.41) is 0. The molecule has 0 saturated heterocycles. The van der Waals surface area contributed by atoms with E-state index in [4.69, 9.17) is 4.74 Å². The van der Waals surface area contributed by atoms with E-state index in [0.29, 0.717) is 11.3 Å². The van der Waals surface area contributed by atoms with Gasteiger partial charge in [0.15, 0.2) is 0 Å². The van der Waals surface area contributed by atoms with Gasteiger partial charge in [0, 0.05) is 23.3 Å². The highest BCUT2D eigenvalue weighted by Crippen LogP contribution is 2.35. The first-order valence-corrected chi connectivity index (χ1v) is 8.69. The average Bonchev–Trinajstić information content (AvgIpc) is 2.71. The zero-order valence-electron chi connectivity index (χ0n) is 15.4. The van der Waals surface area contributed by atoms with Gasteiger partial charge < -0.3 is 4.74 Å². The Morgan fingerprint density at radius 2 is 1.37 bits per heavy atom. The molecular formula is C22H15F6NO. The molecule has 0 saturated carbocycles. The molecule has 8 heteroatoms. The molecule has 0 aliphatic rings. The van der Waals surface area contributed by atoms with E-state index in [1.807, 2.05) is 0 Å². The summed E-state index contributed by atoms with van der Waals surface area (Å²) in [6, 6.07) is 11.9. The van der Waals surface area contributed by atoms with Crippen LogP contribution in [-0.2, 0) is 12.4 Å². The summed E-state index contributed by atoms with van der Waals surface area (Å²) in [7, 11) is 0. The van der Waals surface area contributed by atoms with E-state index in [2.05, 4.69) is 11.6 Å². The normalized spacial score (nSPS) is 11.9.